The maximum Gasteiger partial charge on any atom is 0.337 e. The molecular formula is C17H15N3O3. The lowest BCUT2D eigenvalue weighted by Crippen LogP contribution is -2.13. The summed E-state index contributed by atoms with van der Waals surface area (Å²) >= 11 is 0. The Balaban J connectivity index is 1.85. The summed E-state index contributed by atoms with van der Waals surface area (Å²) in [4.78, 5) is 30.3. The zero-order chi connectivity index (χ0) is 16.6. The number of fused-ring (bicyclic) bond motifs is 1. The topological polar surface area (TPSA) is 95.1 Å². The van der Waals surface area contributed by atoms with Gasteiger partial charge in [0.2, 0.25) is 0 Å². The van der Waals surface area contributed by atoms with E-state index in [1.54, 1.807) is 6.07 Å². The summed E-state index contributed by atoms with van der Waals surface area (Å²) in [5.41, 5.74) is 3.76. The third-order valence-electron chi connectivity index (χ3n) is 3.82. The number of benzene rings is 1. The molecule has 0 radical (unpaired) electrons. The number of carboxylic acid groups (broad SMARTS) is 1. The largest absolute Gasteiger partial charge is 0.478 e. The fourth-order valence-corrected chi connectivity index (χ4v) is 2.39. The van der Waals surface area contributed by atoms with Crippen LogP contribution in [0.4, 0.5) is 5.82 Å². The Hall–Kier alpha value is -3.15. The quantitative estimate of drug-likeness (QED) is 0.692. The fourth-order valence-electron chi connectivity index (χ4n) is 2.39. The van der Waals surface area contributed by atoms with E-state index in [0.717, 1.165) is 22.2 Å². The standard InChI is InChI=1S/C17H15N3O3/c1-9-10(2)19-14-5-3-11(7-13(9)14)16(21)20-15-6-4-12(8-18-15)17(22)23/h3-8,19H,1-2H3,(H,22,23)(H,18,20,21). The molecular weight excluding hydrogens is 294 g/mol. The van der Waals surface area contributed by atoms with Gasteiger partial charge in [-0.3, -0.25) is 4.79 Å². The summed E-state index contributed by atoms with van der Waals surface area (Å²) < 4.78 is 0. The zero-order valence-electron chi connectivity index (χ0n) is 12.7. The number of nitrogens with one attached hydrogen (secondary N) is 2. The van der Waals surface area contributed by atoms with E-state index in [2.05, 4.69) is 15.3 Å². The number of aromatic carboxylic acids is 1. The molecule has 2 aromatic heterocycles. The van der Waals surface area contributed by atoms with E-state index in [9.17, 15) is 9.59 Å². The zero-order valence-corrected chi connectivity index (χ0v) is 12.7. The van der Waals surface area contributed by atoms with Gasteiger partial charge in [0.05, 0.1) is 5.56 Å². The Morgan fingerprint density at radius 2 is 1.87 bits per heavy atom. The average Bonchev–Trinajstić information content (AvgIpc) is 2.82. The van der Waals surface area contributed by atoms with Gasteiger partial charge in [0.25, 0.3) is 5.91 Å². The van der Waals surface area contributed by atoms with E-state index >= 15 is 0 Å². The van der Waals surface area contributed by atoms with Gasteiger partial charge in [-0.15, -0.1) is 0 Å². The van der Waals surface area contributed by atoms with Crippen molar-refractivity contribution in [1.82, 2.24) is 9.97 Å². The minimum atomic E-state index is -1.06. The Kier molecular flexibility index (Phi) is 3.57. The molecule has 6 heteroatoms. The third kappa shape index (κ3) is 2.78. The second-order valence-corrected chi connectivity index (χ2v) is 5.33. The lowest BCUT2D eigenvalue weighted by atomic mass is 10.1. The number of rotatable bonds is 3. The first-order chi connectivity index (χ1) is 11.0. The van der Waals surface area contributed by atoms with Crippen LogP contribution in [0.3, 0.4) is 0 Å². The minimum Gasteiger partial charge on any atom is -0.478 e. The van der Waals surface area contributed by atoms with Crippen molar-refractivity contribution in [3.8, 4) is 0 Å². The van der Waals surface area contributed by atoms with E-state index in [0.29, 0.717) is 11.4 Å². The van der Waals surface area contributed by atoms with Crippen LogP contribution in [0.15, 0.2) is 36.5 Å². The molecule has 2 heterocycles. The number of carbonyl (C=O) groups excluding carboxylic acids is 1. The highest BCUT2D eigenvalue weighted by atomic mass is 16.4. The van der Waals surface area contributed by atoms with Gasteiger partial charge in [-0.25, -0.2) is 9.78 Å². The summed E-state index contributed by atoms with van der Waals surface area (Å²) in [6, 6.07) is 8.29. The highest BCUT2D eigenvalue weighted by molar-refractivity contribution is 6.06. The highest BCUT2D eigenvalue weighted by Crippen LogP contribution is 2.22. The van der Waals surface area contributed by atoms with Crippen molar-refractivity contribution < 1.29 is 14.7 Å². The maximum absolute atomic E-state index is 12.3. The number of carbonyl (C=O) groups is 2. The molecule has 0 aliphatic carbocycles. The van der Waals surface area contributed by atoms with Crippen LogP contribution in [0.2, 0.25) is 0 Å². The maximum atomic E-state index is 12.3. The molecule has 6 nitrogen and oxygen atoms in total. The molecule has 23 heavy (non-hydrogen) atoms. The van der Waals surface area contributed by atoms with Crippen molar-refractivity contribution in [3.63, 3.8) is 0 Å². The number of H-pyrrole nitrogens is 1. The van der Waals surface area contributed by atoms with Crippen molar-refractivity contribution in [2.75, 3.05) is 5.32 Å². The van der Waals surface area contributed by atoms with Gasteiger partial charge < -0.3 is 15.4 Å². The summed E-state index contributed by atoms with van der Waals surface area (Å²) in [6.07, 6.45) is 1.21. The van der Waals surface area contributed by atoms with Crippen LogP contribution < -0.4 is 5.32 Å². The molecule has 116 valence electrons. The van der Waals surface area contributed by atoms with E-state index in [-0.39, 0.29) is 11.5 Å². The lowest BCUT2D eigenvalue weighted by molar-refractivity contribution is 0.0696. The summed E-state index contributed by atoms with van der Waals surface area (Å²) in [5.74, 6) is -1.04. The minimum absolute atomic E-state index is 0.0721. The number of aromatic nitrogens is 2. The molecule has 0 aliphatic rings. The molecule has 3 aromatic rings. The Bertz CT molecular complexity index is 911. The molecule has 0 fully saturated rings. The molecule has 0 atom stereocenters. The van der Waals surface area contributed by atoms with Gasteiger partial charge in [0, 0.05) is 28.4 Å². The molecule has 0 bridgehead atoms. The van der Waals surface area contributed by atoms with Crippen molar-refractivity contribution >= 4 is 28.6 Å². The first-order valence-electron chi connectivity index (χ1n) is 7.05. The van der Waals surface area contributed by atoms with Gasteiger partial charge in [0.15, 0.2) is 0 Å². The number of hydrogen-bond donors (Lipinski definition) is 3. The first-order valence-corrected chi connectivity index (χ1v) is 7.05. The summed E-state index contributed by atoms with van der Waals surface area (Å²) in [5, 5.41) is 12.5. The highest BCUT2D eigenvalue weighted by Gasteiger charge is 2.11. The van der Waals surface area contributed by atoms with Gasteiger partial charge in [-0.05, 0) is 49.7 Å². The van der Waals surface area contributed by atoms with E-state index in [4.69, 9.17) is 5.11 Å². The molecule has 1 amide bonds. The van der Waals surface area contributed by atoms with Crippen LogP contribution in [-0.4, -0.2) is 27.0 Å². The Morgan fingerprint density at radius 3 is 2.52 bits per heavy atom. The van der Waals surface area contributed by atoms with E-state index in [1.165, 1.54) is 18.3 Å². The summed E-state index contributed by atoms with van der Waals surface area (Å²) in [7, 11) is 0. The number of pyridine rings is 1. The normalized spacial score (nSPS) is 10.7. The van der Waals surface area contributed by atoms with Gasteiger partial charge in [0.1, 0.15) is 5.82 Å². The smallest absolute Gasteiger partial charge is 0.337 e. The number of nitrogens with zero attached hydrogens (tertiary/aromatic N) is 1. The predicted octanol–water partition coefficient (Wildman–Crippen LogP) is 3.13. The third-order valence-corrected chi connectivity index (χ3v) is 3.82. The van der Waals surface area contributed by atoms with Crippen molar-refractivity contribution in [1.29, 1.82) is 0 Å². The number of amides is 1. The monoisotopic (exact) mass is 309 g/mol. The number of aromatic amines is 1. The van der Waals surface area contributed by atoms with E-state index in [1.807, 2.05) is 26.0 Å². The van der Waals surface area contributed by atoms with Crippen molar-refractivity contribution in [2.45, 2.75) is 13.8 Å². The Labute approximate surface area is 132 Å². The molecule has 0 unspecified atom stereocenters. The number of aryl methyl sites for hydroxylation is 2. The number of hydrogen-bond acceptors (Lipinski definition) is 3. The first kappa shape index (κ1) is 14.8. The van der Waals surface area contributed by atoms with Gasteiger partial charge in [-0.2, -0.15) is 0 Å². The second kappa shape index (κ2) is 5.57. The average molecular weight is 309 g/mol. The molecule has 3 rings (SSSR count). The second-order valence-electron chi connectivity index (χ2n) is 5.33. The van der Waals surface area contributed by atoms with Crippen LogP contribution in [0.25, 0.3) is 10.9 Å². The van der Waals surface area contributed by atoms with Gasteiger partial charge in [-0.1, -0.05) is 0 Å². The van der Waals surface area contributed by atoms with Gasteiger partial charge >= 0.3 is 5.97 Å². The SMILES string of the molecule is Cc1[nH]c2ccc(C(=O)Nc3ccc(C(=O)O)cn3)cc2c1C. The number of anilines is 1. The Morgan fingerprint density at radius 1 is 1.13 bits per heavy atom. The lowest BCUT2D eigenvalue weighted by Gasteiger charge is -2.05. The van der Waals surface area contributed by atoms with E-state index < -0.39 is 5.97 Å². The molecule has 0 aliphatic heterocycles. The summed E-state index contributed by atoms with van der Waals surface area (Å²) in [6.45, 7) is 3.99. The van der Waals surface area contributed by atoms with Crippen LogP contribution in [-0.2, 0) is 0 Å². The molecule has 0 saturated carbocycles. The predicted molar refractivity (Wildman–Crippen MR) is 86.9 cm³/mol. The fraction of sp³-hybridized carbons (Fsp3) is 0.118. The molecule has 1 aromatic carbocycles. The van der Waals surface area contributed by atoms with Crippen molar-refractivity contribution in [3.05, 3.63) is 58.9 Å². The molecule has 0 saturated heterocycles. The van der Waals surface area contributed by atoms with Crippen LogP contribution >= 0.6 is 0 Å². The van der Waals surface area contributed by atoms with Crippen LogP contribution in [0.5, 0.6) is 0 Å². The molecule has 3 N–H and O–H groups in total. The number of carboxylic acids is 1. The van der Waals surface area contributed by atoms with Crippen LogP contribution in [0.1, 0.15) is 32.0 Å². The van der Waals surface area contributed by atoms with Crippen LogP contribution in [0, 0.1) is 13.8 Å². The van der Waals surface area contributed by atoms with Crippen molar-refractivity contribution in [2.24, 2.45) is 0 Å². The molecule has 0 spiro atoms.